The Morgan fingerprint density at radius 3 is 2.81 bits per heavy atom. The van der Waals surface area contributed by atoms with Gasteiger partial charge in [0.2, 0.25) is 5.95 Å². The molecule has 0 unspecified atom stereocenters. The molecule has 5 nitrogen and oxygen atoms in total. The molecule has 1 aromatic heterocycles. The molecule has 21 heavy (non-hydrogen) atoms. The Kier molecular flexibility index (Phi) is 4.47. The van der Waals surface area contributed by atoms with Crippen LogP contribution in [0.4, 0.5) is 5.95 Å². The molecule has 1 saturated heterocycles. The molecule has 0 spiro atoms. The van der Waals surface area contributed by atoms with Gasteiger partial charge in [-0.2, -0.15) is 0 Å². The molecule has 0 amide bonds. The number of fused-ring (bicyclic) bond motifs is 1. The number of aliphatic hydroxyl groups excluding tert-OH is 1. The molecule has 3 rings (SSSR count). The number of imidazole rings is 1. The molecule has 2 aromatic rings. The molecular weight excluding hydrogens is 332 g/mol. The number of benzene rings is 1. The molecule has 0 saturated carbocycles. The molecule has 2 heterocycles. The van der Waals surface area contributed by atoms with Crippen molar-refractivity contribution < 1.29 is 5.11 Å². The van der Waals surface area contributed by atoms with Gasteiger partial charge in [-0.15, -0.1) is 0 Å². The van der Waals surface area contributed by atoms with Gasteiger partial charge in [-0.25, -0.2) is 4.98 Å². The summed E-state index contributed by atoms with van der Waals surface area (Å²) in [7, 11) is 0. The summed E-state index contributed by atoms with van der Waals surface area (Å²) in [6.07, 6.45) is 2.72. The first-order valence-electron chi connectivity index (χ1n) is 7.45. The van der Waals surface area contributed by atoms with Crippen molar-refractivity contribution in [2.24, 2.45) is 0 Å². The number of likely N-dealkylation sites (tertiary alicyclic amines) is 1. The SMILES string of the molecule is Nc1nc2ccc(Br)cc2n1CCCN1CCC(O)CC1. The molecule has 1 aliphatic heterocycles. The standard InChI is InChI=1S/C15H21BrN4O/c16-11-2-3-13-14(10-11)20(15(17)18-13)7-1-6-19-8-4-12(21)5-9-19/h2-3,10,12,21H,1,4-9H2,(H2,17,18). The van der Waals surface area contributed by atoms with Crippen molar-refractivity contribution in [1.29, 1.82) is 0 Å². The first-order valence-corrected chi connectivity index (χ1v) is 8.24. The molecule has 1 fully saturated rings. The highest BCUT2D eigenvalue weighted by molar-refractivity contribution is 9.10. The number of rotatable bonds is 4. The second-order valence-electron chi connectivity index (χ2n) is 5.68. The highest BCUT2D eigenvalue weighted by Crippen LogP contribution is 2.22. The smallest absolute Gasteiger partial charge is 0.201 e. The third-order valence-electron chi connectivity index (χ3n) is 4.15. The Hall–Kier alpha value is -1.11. The Morgan fingerprint density at radius 2 is 2.05 bits per heavy atom. The number of anilines is 1. The maximum atomic E-state index is 9.52. The summed E-state index contributed by atoms with van der Waals surface area (Å²) in [5.74, 6) is 0.581. The first-order chi connectivity index (χ1) is 10.1. The summed E-state index contributed by atoms with van der Waals surface area (Å²) in [6, 6.07) is 6.03. The van der Waals surface area contributed by atoms with E-state index in [1.165, 1.54) is 0 Å². The predicted molar refractivity (Wildman–Crippen MR) is 88.1 cm³/mol. The van der Waals surface area contributed by atoms with Crippen molar-refractivity contribution in [3.8, 4) is 0 Å². The average molecular weight is 353 g/mol. The molecular formula is C15H21BrN4O. The quantitative estimate of drug-likeness (QED) is 0.885. The minimum Gasteiger partial charge on any atom is -0.393 e. The maximum absolute atomic E-state index is 9.52. The van der Waals surface area contributed by atoms with Gasteiger partial charge in [0.25, 0.3) is 0 Å². The van der Waals surface area contributed by atoms with E-state index in [-0.39, 0.29) is 6.10 Å². The van der Waals surface area contributed by atoms with Crippen molar-refractivity contribution in [2.75, 3.05) is 25.4 Å². The van der Waals surface area contributed by atoms with Gasteiger partial charge in [-0.1, -0.05) is 15.9 Å². The monoisotopic (exact) mass is 352 g/mol. The molecule has 0 bridgehead atoms. The van der Waals surface area contributed by atoms with E-state index < -0.39 is 0 Å². The van der Waals surface area contributed by atoms with Gasteiger partial charge in [0, 0.05) is 24.1 Å². The topological polar surface area (TPSA) is 67.3 Å². The van der Waals surface area contributed by atoms with Crippen molar-refractivity contribution in [3.05, 3.63) is 22.7 Å². The van der Waals surface area contributed by atoms with E-state index in [1.54, 1.807) is 0 Å². The third-order valence-corrected chi connectivity index (χ3v) is 4.65. The molecule has 1 aliphatic rings. The Morgan fingerprint density at radius 1 is 1.29 bits per heavy atom. The lowest BCUT2D eigenvalue weighted by atomic mass is 10.1. The number of aliphatic hydroxyl groups is 1. The van der Waals surface area contributed by atoms with Gasteiger partial charge in [-0.3, -0.25) is 0 Å². The van der Waals surface area contributed by atoms with Gasteiger partial charge < -0.3 is 20.3 Å². The van der Waals surface area contributed by atoms with Crippen LogP contribution in [0.5, 0.6) is 0 Å². The highest BCUT2D eigenvalue weighted by atomic mass is 79.9. The van der Waals surface area contributed by atoms with E-state index in [0.29, 0.717) is 5.95 Å². The van der Waals surface area contributed by atoms with Crippen molar-refractivity contribution >= 4 is 32.9 Å². The lowest BCUT2D eigenvalue weighted by molar-refractivity contribution is 0.0816. The highest BCUT2D eigenvalue weighted by Gasteiger charge is 2.16. The van der Waals surface area contributed by atoms with Gasteiger partial charge in [0.15, 0.2) is 0 Å². The van der Waals surface area contributed by atoms with Crippen LogP contribution in [-0.4, -0.2) is 45.3 Å². The number of hydrogen-bond acceptors (Lipinski definition) is 4. The average Bonchev–Trinajstić information content (AvgIpc) is 2.77. The number of aryl methyl sites for hydroxylation is 1. The Balaban J connectivity index is 1.62. The minimum absolute atomic E-state index is 0.105. The number of piperidine rings is 1. The molecule has 1 aromatic carbocycles. The fourth-order valence-electron chi connectivity index (χ4n) is 2.94. The van der Waals surface area contributed by atoms with E-state index >= 15 is 0 Å². The number of halogens is 1. The number of aromatic nitrogens is 2. The van der Waals surface area contributed by atoms with Crippen molar-refractivity contribution in [2.45, 2.75) is 31.9 Å². The number of nitrogens with two attached hydrogens (primary N) is 1. The number of hydrogen-bond donors (Lipinski definition) is 2. The molecule has 0 aliphatic carbocycles. The zero-order chi connectivity index (χ0) is 14.8. The van der Waals surface area contributed by atoms with E-state index in [2.05, 4.69) is 36.4 Å². The zero-order valence-corrected chi connectivity index (χ0v) is 13.6. The Bertz CT molecular complexity index is 619. The third kappa shape index (κ3) is 3.39. The summed E-state index contributed by atoms with van der Waals surface area (Å²) < 4.78 is 3.12. The van der Waals surface area contributed by atoms with Crippen molar-refractivity contribution in [1.82, 2.24) is 14.5 Å². The van der Waals surface area contributed by atoms with Gasteiger partial charge >= 0.3 is 0 Å². The van der Waals surface area contributed by atoms with E-state index in [4.69, 9.17) is 5.73 Å². The van der Waals surface area contributed by atoms with Gasteiger partial charge in [-0.05, 0) is 44.0 Å². The minimum atomic E-state index is -0.105. The first kappa shape index (κ1) is 14.8. The van der Waals surface area contributed by atoms with E-state index in [0.717, 1.165) is 60.9 Å². The van der Waals surface area contributed by atoms with Gasteiger partial charge in [0.1, 0.15) is 0 Å². The second kappa shape index (κ2) is 6.34. The molecule has 6 heteroatoms. The van der Waals surface area contributed by atoms with E-state index in [1.807, 2.05) is 12.1 Å². The summed E-state index contributed by atoms with van der Waals surface area (Å²) in [5.41, 5.74) is 8.05. The largest absolute Gasteiger partial charge is 0.393 e. The van der Waals surface area contributed by atoms with Crippen LogP contribution in [0.3, 0.4) is 0 Å². The van der Waals surface area contributed by atoms with Crippen LogP contribution < -0.4 is 5.73 Å². The van der Waals surface area contributed by atoms with Crippen LogP contribution in [0.1, 0.15) is 19.3 Å². The summed E-state index contributed by atoms with van der Waals surface area (Å²) >= 11 is 3.50. The summed E-state index contributed by atoms with van der Waals surface area (Å²) in [6.45, 7) is 3.90. The zero-order valence-electron chi connectivity index (χ0n) is 12.0. The van der Waals surface area contributed by atoms with Gasteiger partial charge in [0.05, 0.1) is 17.1 Å². The molecule has 3 N–H and O–H groups in total. The summed E-state index contributed by atoms with van der Waals surface area (Å²) in [4.78, 5) is 6.82. The lowest BCUT2D eigenvalue weighted by Gasteiger charge is -2.29. The fourth-order valence-corrected chi connectivity index (χ4v) is 3.29. The van der Waals surface area contributed by atoms with Crippen LogP contribution in [0.2, 0.25) is 0 Å². The molecule has 0 atom stereocenters. The number of nitrogens with zero attached hydrogens (tertiary/aromatic N) is 3. The fraction of sp³-hybridized carbons (Fsp3) is 0.533. The second-order valence-corrected chi connectivity index (χ2v) is 6.60. The maximum Gasteiger partial charge on any atom is 0.201 e. The van der Waals surface area contributed by atoms with Crippen LogP contribution in [-0.2, 0) is 6.54 Å². The van der Waals surface area contributed by atoms with Crippen LogP contribution in [0.15, 0.2) is 22.7 Å². The number of nitrogen functional groups attached to an aromatic ring is 1. The lowest BCUT2D eigenvalue weighted by Crippen LogP contribution is -2.36. The Labute approximate surface area is 132 Å². The normalized spacial score (nSPS) is 17.6. The predicted octanol–water partition coefficient (Wildman–Crippen LogP) is 2.23. The summed E-state index contributed by atoms with van der Waals surface area (Å²) in [5, 5.41) is 9.52. The van der Waals surface area contributed by atoms with Crippen LogP contribution in [0.25, 0.3) is 11.0 Å². The molecule has 0 radical (unpaired) electrons. The van der Waals surface area contributed by atoms with Crippen LogP contribution >= 0.6 is 15.9 Å². The molecule has 114 valence electrons. The van der Waals surface area contributed by atoms with Crippen molar-refractivity contribution in [3.63, 3.8) is 0 Å². The van der Waals surface area contributed by atoms with E-state index in [9.17, 15) is 5.11 Å². The van der Waals surface area contributed by atoms with Crippen LogP contribution in [0, 0.1) is 0 Å².